The summed E-state index contributed by atoms with van der Waals surface area (Å²) in [6.07, 6.45) is 7.42. The van der Waals surface area contributed by atoms with E-state index in [0.717, 1.165) is 143 Å². The number of nitrogens with zero attached hydrogens (tertiary/aromatic N) is 9. The first-order valence-electron chi connectivity index (χ1n) is 28.7. The molecule has 0 aliphatic carbocycles. The van der Waals surface area contributed by atoms with E-state index in [0.29, 0.717) is 47.6 Å². The summed E-state index contributed by atoms with van der Waals surface area (Å²) in [6, 6.07) is 30.5. The van der Waals surface area contributed by atoms with E-state index in [2.05, 4.69) is 70.6 Å². The van der Waals surface area contributed by atoms with E-state index in [4.69, 9.17) is 34.0 Å². The number of hydrogen-bond donors (Lipinski definition) is 6. The van der Waals surface area contributed by atoms with E-state index in [1.807, 2.05) is 76.7 Å². The number of pyridine rings is 2. The summed E-state index contributed by atoms with van der Waals surface area (Å²) in [6.45, 7) is 10.4. The second-order valence-electron chi connectivity index (χ2n) is 20.9. The topological polar surface area (TPSA) is 257 Å². The fraction of sp³-hybridized carbons (Fsp3) is 0.355. The van der Waals surface area contributed by atoms with Crippen molar-refractivity contribution in [2.24, 2.45) is 14.1 Å². The molecule has 0 unspecified atom stereocenters. The van der Waals surface area contributed by atoms with E-state index in [-0.39, 0.29) is 29.8 Å². The fourth-order valence-electron chi connectivity index (χ4n) is 10.5. The van der Waals surface area contributed by atoms with Crippen LogP contribution in [0.4, 0.5) is 34.6 Å². The van der Waals surface area contributed by atoms with Gasteiger partial charge in [-0.1, -0.05) is 12.1 Å². The number of nitrogens with one attached hydrogen (secondary N) is 5. The Bertz CT molecular complexity index is 3670. The Balaban J connectivity index is 0.000000163. The zero-order valence-corrected chi connectivity index (χ0v) is 48.4. The lowest BCUT2D eigenvalue weighted by molar-refractivity contribution is -0.137. The van der Waals surface area contributed by atoms with Crippen molar-refractivity contribution in [2.75, 3.05) is 114 Å². The van der Waals surface area contributed by atoms with Crippen LogP contribution < -0.4 is 41.0 Å². The first-order chi connectivity index (χ1) is 41.4. The third-order valence-electron chi connectivity index (χ3n) is 15.1. The molecule has 8 aromatic rings. The highest BCUT2D eigenvalue weighted by Gasteiger charge is 2.26. The Morgan fingerprint density at radius 3 is 1.62 bits per heavy atom. The monoisotopic (exact) mass is 1160 g/mol. The Labute approximate surface area is 492 Å². The molecule has 4 aliphatic heterocycles. The first kappa shape index (κ1) is 59.0. The standard InChI is InChI=1S/C31H35N7O4.C23H22N6O2.C8H15NO3/c1-32-30(40)26-20-24(9-11-33-26)42-23-7-8-27-25(19-23)35-31(36(27)2)34-22-6-5-21-10-13-38(28(21)18-22)29(39)4-3-12-37-14-16-41-17-15-37;1-24-22(30)20-13-17(8-10-26-20)31-16-5-6-21-19(12-16)28-23(29(21)2)27-15-4-3-14-7-9-25-18(14)11-15;10-8(11)2-1-3-9-4-6-12-7-5-9/h5-9,11,18-20H,3-4,10,12-17H2,1-2H3,(H,32,40)(H,34,35);3-6,8,10-13,25H,7,9H2,1-2H3,(H,24,30)(H,27,28);1-7H2,(H,10,11). The normalized spacial score (nSPS) is 14.7. The summed E-state index contributed by atoms with van der Waals surface area (Å²) < 4.78 is 26.5. The minimum absolute atomic E-state index is 0.172. The molecule has 2 saturated heterocycles. The van der Waals surface area contributed by atoms with Gasteiger partial charge in [-0.15, -0.1) is 0 Å². The minimum Gasteiger partial charge on any atom is -0.481 e. The van der Waals surface area contributed by atoms with Gasteiger partial charge in [-0.3, -0.25) is 38.9 Å². The summed E-state index contributed by atoms with van der Waals surface area (Å²) in [5.74, 6) is 2.62. The van der Waals surface area contributed by atoms with Crippen molar-refractivity contribution in [3.8, 4) is 23.0 Å². The number of carboxylic acid groups (broad SMARTS) is 1. The summed E-state index contributed by atoms with van der Waals surface area (Å²) >= 11 is 0. The number of carboxylic acids is 1. The van der Waals surface area contributed by atoms with Gasteiger partial charge in [0.2, 0.25) is 17.8 Å². The average Bonchev–Trinajstić information content (AvgIpc) is 4.19. The Morgan fingerprint density at radius 2 is 1.09 bits per heavy atom. The van der Waals surface area contributed by atoms with Crippen LogP contribution in [0.3, 0.4) is 0 Å². The zero-order chi connectivity index (χ0) is 59.2. The van der Waals surface area contributed by atoms with Crippen LogP contribution in [0.2, 0.25) is 0 Å². The number of imidazole rings is 2. The lowest BCUT2D eigenvalue weighted by Gasteiger charge is -2.26. The van der Waals surface area contributed by atoms with E-state index < -0.39 is 5.97 Å². The maximum atomic E-state index is 13.1. The van der Waals surface area contributed by atoms with Crippen LogP contribution in [0.15, 0.2) is 109 Å². The van der Waals surface area contributed by atoms with E-state index in [1.54, 1.807) is 44.6 Å². The summed E-state index contributed by atoms with van der Waals surface area (Å²) in [7, 11) is 7.05. The number of ether oxygens (including phenoxy) is 4. The highest BCUT2D eigenvalue weighted by Crippen LogP contribution is 2.35. The number of morpholine rings is 2. The minimum atomic E-state index is -0.705. The molecular formula is C62H72N14O9. The SMILES string of the molecule is CNC(=O)c1cc(Oc2ccc3c(c2)nc(Nc2ccc4c(c2)N(C(=O)CCCN2CCOCC2)CC4)n3C)ccn1.CNC(=O)c1cc(Oc2ccc3c(c2)nc(Nc2ccc4c(c2)NCC4)n3C)ccn1.O=C(O)CCCN1CCOCC1. The lowest BCUT2D eigenvalue weighted by atomic mass is 10.1. The number of rotatable bonds is 18. The third-order valence-corrected chi connectivity index (χ3v) is 15.1. The second kappa shape index (κ2) is 27.9. The molecule has 23 heteroatoms. The van der Waals surface area contributed by atoms with Gasteiger partial charge >= 0.3 is 5.97 Å². The van der Waals surface area contributed by atoms with Gasteiger partial charge in [-0.05, 0) is 111 Å². The molecule has 8 heterocycles. The van der Waals surface area contributed by atoms with Crippen LogP contribution in [0, 0.1) is 0 Å². The van der Waals surface area contributed by atoms with Crippen LogP contribution in [0.25, 0.3) is 22.1 Å². The smallest absolute Gasteiger partial charge is 0.303 e. The van der Waals surface area contributed by atoms with Gasteiger partial charge in [0.25, 0.3) is 11.8 Å². The molecule has 6 N–H and O–H groups in total. The number of amides is 3. The van der Waals surface area contributed by atoms with Gasteiger partial charge in [0.1, 0.15) is 34.4 Å². The van der Waals surface area contributed by atoms with Gasteiger partial charge < -0.3 is 64.7 Å². The van der Waals surface area contributed by atoms with Crippen molar-refractivity contribution >= 4 is 80.4 Å². The molecule has 23 nitrogen and oxygen atoms in total. The van der Waals surface area contributed by atoms with Crippen LogP contribution in [0.5, 0.6) is 23.0 Å². The largest absolute Gasteiger partial charge is 0.481 e. The van der Waals surface area contributed by atoms with Crippen LogP contribution in [-0.4, -0.2) is 161 Å². The van der Waals surface area contributed by atoms with Crippen molar-refractivity contribution in [3.05, 3.63) is 132 Å². The molecule has 2 fully saturated rings. The number of aromatic nitrogens is 6. The van der Waals surface area contributed by atoms with Gasteiger partial charge in [-0.2, -0.15) is 0 Å². The molecule has 85 heavy (non-hydrogen) atoms. The fourth-order valence-corrected chi connectivity index (χ4v) is 10.5. The molecule has 0 saturated carbocycles. The van der Waals surface area contributed by atoms with E-state index in [9.17, 15) is 19.2 Å². The summed E-state index contributed by atoms with van der Waals surface area (Å²) in [5.41, 5.74) is 10.6. The second-order valence-corrected chi connectivity index (χ2v) is 20.9. The van der Waals surface area contributed by atoms with E-state index in [1.165, 1.54) is 23.0 Å². The molecule has 3 amide bonds. The van der Waals surface area contributed by atoms with Crippen LogP contribution >= 0.6 is 0 Å². The van der Waals surface area contributed by atoms with Crippen LogP contribution in [0.1, 0.15) is 57.8 Å². The van der Waals surface area contributed by atoms with Gasteiger partial charge in [-0.25, -0.2) is 9.97 Å². The maximum absolute atomic E-state index is 13.1. The molecule has 0 atom stereocenters. The quantitative estimate of drug-likeness (QED) is 0.0477. The molecule has 444 valence electrons. The number of aryl methyl sites for hydroxylation is 2. The molecule has 4 aromatic carbocycles. The molecule has 12 rings (SSSR count). The number of fused-ring (bicyclic) bond motifs is 4. The molecule has 0 radical (unpaired) electrons. The maximum Gasteiger partial charge on any atom is 0.303 e. The van der Waals surface area contributed by atoms with Gasteiger partial charge in [0.05, 0.1) is 48.5 Å². The van der Waals surface area contributed by atoms with E-state index >= 15 is 0 Å². The number of aliphatic carboxylic acids is 1. The first-order valence-corrected chi connectivity index (χ1v) is 28.7. The predicted octanol–water partition coefficient (Wildman–Crippen LogP) is 7.88. The summed E-state index contributed by atoms with van der Waals surface area (Å²) in [4.78, 5) is 71.3. The predicted molar refractivity (Wildman–Crippen MR) is 325 cm³/mol. The highest BCUT2D eigenvalue weighted by atomic mass is 16.5. The molecule has 4 aromatic heterocycles. The molecule has 4 aliphatic rings. The van der Waals surface area contributed by atoms with Crippen LogP contribution in [-0.2, 0) is 46.0 Å². The molecule has 0 bridgehead atoms. The Hall–Kier alpha value is -9.16. The van der Waals surface area contributed by atoms with Crippen molar-refractivity contribution in [3.63, 3.8) is 0 Å². The van der Waals surface area contributed by atoms with Gasteiger partial charge in [0.15, 0.2) is 0 Å². The number of anilines is 6. The number of carbonyl (C=O) groups excluding carboxylic acids is 3. The highest BCUT2D eigenvalue weighted by molar-refractivity contribution is 5.96. The number of carbonyl (C=O) groups is 4. The summed E-state index contributed by atoms with van der Waals surface area (Å²) in [5, 5.41) is 23.8. The molecular weight excluding hydrogens is 1080 g/mol. The number of hydrogen-bond acceptors (Lipinski definition) is 17. The van der Waals surface area contributed by atoms with Crippen molar-refractivity contribution in [2.45, 2.75) is 38.5 Å². The van der Waals surface area contributed by atoms with Crippen molar-refractivity contribution in [1.29, 1.82) is 0 Å². The average molecular weight is 1160 g/mol. The van der Waals surface area contributed by atoms with Crippen molar-refractivity contribution < 1.29 is 43.2 Å². The Kier molecular flexibility index (Phi) is 19.4. The van der Waals surface area contributed by atoms with Gasteiger partial charge in [0, 0.05) is 140 Å². The van der Waals surface area contributed by atoms with Crippen molar-refractivity contribution in [1.82, 2.24) is 49.5 Å². The number of benzene rings is 4. The lowest BCUT2D eigenvalue weighted by Crippen LogP contribution is -2.37. The Morgan fingerprint density at radius 1 is 0.588 bits per heavy atom. The third kappa shape index (κ3) is 15.2. The molecule has 0 spiro atoms. The zero-order valence-electron chi connectivity index (χ0n) is 48.4.